The van der Waals surface area contributed by atoms with Crippen molar-refractivity contribution in [3.63, 3.8) is 0 Å². The van der Waals surface area contributed by atoms with Gasteiger partial charge >= 0.3 is 5.97 Å². The molecule has 5 nitrogen and oxygen atoms in total. The third kappa shape index (κ3) is 3.88. The minimum Gasteiger partial charge on any atom is -0.424 e. The maximum atomic E-state index is 12.1. The van der Waals surface area contributed by atoms with Crippen molar-refractivity contribution in [3.8, 4) is 5.75 Å². The maximum Gasteiger partial charge on any atom is 0.334 e. The Morgan fingerprint density at radius 2 is 2.00 bits per heavy atom. The average Bonchev–Trinajstić information content (AvgIpc) is 2.55. The van der Waals surface area contributed by atoms with Gasteiger partial charge in [0, 0.05) is 11.1 Å². The van der Waals surface area contributed by atoms with Crippen LogP contribution in [-0.4, -0.2) is 22.9 Å². The van der Waals surface area contributed by atoms with E-state index >= 15 is 0 Å². The zero-order valence-corrected chi connectivity index (χ0v) is 14.8. The second kappa shape index (κ2) is 6.28. The van der Waals surface area contributed by atoms with E-state index in [4.69, 9.17) is 17.0 Å². The van der Waals surface area contributed by atoms with Crippen LogP contribution < -0.4 is 15.4 Å². The van der Waals surface area contributed by atoms with Gasteiger partial charge in [0.2, 0.25) is 5.91 Å². The molecular weight excluding hydrogens is 312 g/mol. The molecule has 2 N–H and O–H groups in total. The SMILES string of the molecule is CC(C)[C@@H]1NC(=S)c2cc(NC(=O)C(C)(C)C)ccc2OC1=O. The number of esters is 1. The topological polar surface area (TPSA) is 67.4 Å². The first kappa shape index (κ1) is 17.4. The van der Waals surface area contributed by atoms with E-state index in [1.807, 2.05) is 34.6 Å². The lowest BCUT2D eigenvalue weighted by Gasteiger charge is -2.18. The molecule has 0 bridgehead atoms. The third-order valence-corrected chi connectivity index (χ3v) is 3.92. The normalized spacial score (nSPS) is 17.9. The first-order chi connectivity index (χ1) is 10.6. The molecule has 2 rings (SSSR count). The molecule has 1 atom stereocenters. The highest BCUT2D eigenvalue weighted by atomic mass is 32.1. The summed E-state index contributed by atoms with van der Waals surface area (Å²) < 4.78 is 5.43. The van der Waals surface area contributed by atoms with E-state index < -0.39 is 11.5 Å². The number of carbonyl (C=O) groups is 2. The Bertz CT molecular complexity index is 662. The maximum absolute atomic E-state index is 12.1. The summed E-state index contributed by atoms with van der Waals surface area (Å²) in [4.78, 5) is 24.7. The number of ether oxygens (including phenoxy) is 1. The van der Waals surface area contributed by atoms with Gasteiger partial charge < -0.3 is 15.4 Å². The van der Waals surface area contributed by atoms with Gasteiger partial charge in [-0.2, -0.15) is 0 Å². The van der Waals surface area contributed by atoms with Crippen LogP contribution in [0.3, 0.4) is 0 Å². The number of hydrogen-bond donors (Lipinski definition) is 2. The highest BCUT2D eigenvalue weighted by Gasteiger charge is 2.30. The van der Waals surface area contributed by atoms with Crippen LogP contribution in [-0.2, 0) is 9.59 Å². The number of anilines is 1. The number of hydrogen-bond acceptors (Lipinski definition) is 4. The van der Waals surface area contributed by atoms with Crippen LogP contribution in [0.4, 0.5) is 5.69 Å². The Balaban J connectivity index is 2.31. The molecule has 1 heterocycles. The molecule has 0 spiro atoms. The minimum absolute atomic E-state index is 0.0508. The van der Waals surface area contributed by atoms with E-state index in [2.05, 4.69) is 10.6 Å². The van der Waals surface area contributed by atoms with E-state index in [1.54, 1.807) is 18.2 Å². The second-order valence-electron chi connectivity index (χ2n) is 7.03. The largest absolute Gasteiger partial charge is 0.424 e. The number of thiocarbonyl (C=S) groups is 1. The third-order valence-electron chi connectivity index (χ3n) is 3.58. The Morgan fingerprint density at radius 1 is 1.35 bits per heavy atom. The smallest absolute Gasteiger partial charge is 0.334 e. The average molecular weight is 334 g/mol. The predicted molar refractivity (Wildman–Crippen MR) is 93.6 cm³/mol. The molecule has 0 radical (unpaired) electrons. The molecule has 0 saturated heterocycles. The molecule has 124 valence electrons. The van der Waals surface area contributed by atoms with Crippen LogP contribution in [0.2, 0.25) is 0 Å². The zero-order valence-electron chi connectivity index (χ0n) is 14.0. The van der Waals surface area contributed by atoms with Crippen molar-refractivity contribution in [3.05, 3.63) is 23.8 Å². The summed E-state index contributed by atoms with van der Waals surface area (Å²) >= 11 is 5.39. The van der Waals surface area contributed by atoms with E-state index in [0.717, 1.165) is 0 Å². The first-order valence-electron chi connectivity index (χ1n) is 7.57. The monoisotopic (exact) mass is 334 g/mol. The van der Waals surface area contributed by atoms with Gasteiger partial charge in [-0.1, -0.05) is 46.8 Å². The van der Waals surface area contributed by atoms with Crippen LogP contribution in [0.15, 0.2) is 18.2 Å². The number of benzene rings is 1. The molecule has 0 aromatic heterocycles. The molecule has 0 unspecified atom stereocenters. The van der Waals surface area contributed by atoms with Crippen molar-refractivity contribution in [2.24, 2.45) is 11.3 Å². The van der Waals surface area contributed by atoms with Gasteiger partial charge in [0.15, 0.2) is 0 Å². The van der Waals surface area contributed by atoms with Crippen molar-refractivity contribution >= 4 is 34.8 Å². The lowest BCUT2D eigenvalue weighted by atomic mass is 9.95. The summed E-state index contributed by atoms with van der Waals surface area (Å²) in [7, 11) is 0. The number of rotatable bonds is 2. The molecule has 6 heteroatoms. The van der Waals surface area contributed by atoms with Crippen LogP contribution in [0.5, 0.6) is 5.75 Å². The fourth-order valence-corrected chi connectivity index (χ4v) is 2.37. The molecule has 1 amide bonds. The zero-order chi connectivity index (χ0) is 17.4. The highest BCUT2D eigenvalue weighted by Crippen LogP contribution is 2.28. The Hall–Kier alpha value is -1.95. The van der Waals surface area contributed by atoms with Crippen molar-refractivity contribution in [2.75, 3.05) is 5.32 Å². The van der Waals surface area contributed by atoms with E-state index in [0.29, 0.717) is 22.0 Å². The van der Waals surface area contributed by atoms with E-state index in [-0.39, 0.29) is 17.8 Å². The first-order valence-corrected chi connectivity index (χ1v) is 7.98. The van der Waals surface area contributed by atoms with E-state index in [9.17, 15) is 9.59 Å². The quantitative estimate of drug-likeness (QED) is 0.494. The molecule has 1 aliphatic rings. The molecular formula is C17H22N2O3S. The number of nitrogens with one attached hydrogen (secondary N) is 2. The highest BCUT2D eigenvalue weighted by molar-refractivity contribution is 7.80. The predicted octanol–water partition coefficient (Wildman–Crippen LogP) is 2.88. The summed E-state index contributed by atoms with van der Waals surface area (Å²) in [6, 6.07) is 4.60. The number of fused-ring (bicyclic) bond motifs is 1. The van der Waals surface area contributed by atoms with Gasteiger partial charge in [0.1, 0.15) is 16.8 Å². The van der Waals surface area contributed by atoms with Crippen molar-refractivity contribution in [1.82, 2.24) is 5.32 Å². The summed E-state index contributed by atoms with van der Waals surface area (Å²) in [6.45, 7) is 9.37. The lowest BCUT2D eigenvalue weighted by molar-refractivity contribution is -0.137. The molecule has 0 fully saturated rings. The molecule has 0 saturated carbocycles. The molecule has 1 aromatic carbocycles. The van der Waals surface area contributed by atoms with Gasteiger partial charge in [0.25, 0.3) is 0 Å². The fourth-order valence-electron chi connectivity index (χ4n) is 2.08. The molecule has 0 aliphatic carbocycles. The van der Waals surface area contributed by atoms with E-state index in [1.165, 1.54) is 0 Å². The molecule has 23 heavy (non-hydrogen) atoms. The summed E-state index contributed by atoms with van der Waals surface area (Å²) in [5.74, 6) is 0.00816. The van der Waals surface area contributed by atoms with Crippen LogP contribution in [0.1, 0.15) is 40.2 Å². The van der Waals surface area contributed by atoms with Crippen LogP contribution in [0.25, 0.3) is 0 Å². The van der Waals surface area contributed by atoms with Crippen LogP contribution in [0, 0.1) is 11.3 Å². The van der Waals surface area contributed by atoms with Crippen molar-refractivity contribution < 1.29 is 14.3 Å². The minimum atomic E-state index is -0.499. The van der Waals surface area contributed by atoms with Gasteiger partial charge in [0.05, 0.1) is 5.56 Å². The summed E-state index contributed by atoms with van der Waals surface area (Å²) in [5.41, 5.74) is 0.718. The van der Waals surface area contributed by atoms with Gasteiger partial charge in [-0.3, -0.25) is 4.79 Å². The second-order valence-corrected chi connectivity index (χ2v) is 7.44. The van der Waals surface area contributed by atoms with Crippen molar-refractivity contribution in [2.45, 2.75) is 40.7 Å². The number of amides is 1. The Kier molecular flexibility index (Phi) is 4.75. The lowest BCUT2D eigenvalue weighted by Crippen LogP contribution is -2.43. The van der Waals surface area contributed by atoms with Gasteiger partial charge in [-0.25, -0.2) is 4.79 Å². The van der Waals surface area contributed by atoms with Crippen molar-refractivity contribution in [1.29, 1.82) is 0 Å². The van der Waals surface area contributed by atoms with Crippen LogP contribution >= 0.6 is 12.2 Å². The molecule has 1 aromatic rings. The Labute approximate surface area is 141 Å². The van der Waals surface area contributed by atoms with Gasteiger partial charge in [-0.05, 0) is 24.1 Å². The molecule has 1 aliphatic heterocycles. The summed E-state index contributed by atoms with van der Waals surface area (Å²) in [6.07, 6.45) is 0. The standard InChI is InChI=1S/C17H22N2O3S/c1-9(2)13-15(20)22-12-7-6-10(8-11(12)14(23)19-13)18-16(21)17(3,4)5/h6-9,13H,1-5H3,(H,18,21)(H,19,23)/t13-/m0/s1. The number of carbonyl (C=O) groups excluding carboxylic acids is 2. The Morgan fingerprint density at radius 3 is 2.57 bits per heavy atom. The fraction of sp³-hybridized carbons (Fsp3) is 0.471. The van der Waals surface area contributed by atoms with Gasteiger partial charge in [-0.15, -0.1) is 0 Å². The summed E-state index contributed by atoms with van der Waals surface area (Å²) in [5, 5.41) is 5.89.